The first kappa shape index (κ1) is 14.6. The average Bonchev–Trinajstić information content (AvgIpc) is 2.83. The minimum Gasteiger partial charge on any atom is -0.481 e. The third-order valence-electron chi connectivity index (χ3n) is 4.30. The van der Waals surface area contributed by atoms with Gasteiger partial charge in [-0.2, -0.15) is 0 Å². The van der Waals surface area contributed by atoms with E-state index < -0.39 is 11.4 Å². The third kappa shape index (κ3) is 2.86. The molecule has 3 N–H and O–H groups in total. The van der Waals surface area contributed by atoms with Crippen molar-refractivity contribution < 1.29 is 19.5 Å². The zero-order chi connectivity index (χ0) is 14.8. The molecule has 3 amide bonds. The number of piperidine rings is 1. The Bertz CT molecular complexity index is 426. The summed E-state index contributed by atoms with van der Waals surface area (Å²) >= 11 is 0. The summed E-state index contributed by atoms with van der Waals surface area (Å²) < 4.78 is 0. The molecule has 2 fully saturated rings. The molecule has 2 aliphatic heterocycles. The van der Waals surface area contributed by atoms with E-state index in [9.17, 15) is 19.5 Å². The van der Waals surface area contributed by atoms with E-state index in [0.29, 0.717) is 32.4 Å². The highest BCUT2D eigenvalue weighted by molar-refractivity contribution is 5.82. The highest BCUT2D eigenvalue weighted by Crippen LogP contribution is 2.33. The second-order valence-corrected chi connectivity index (χ2v) is 5.62. The summed E-state index contributed by atoms with van der Waals surface area (Å²) in [5, 5.41) is 14.8. The molecule has 2 atom stereocenters. The minimum atomic E-state index is -0.838. The molecule has 0 aromatic carbocycles. The lowest BCUT2D eigenvalue weighted by atomic mass is 9.78. The lowest BCUT2D eigenvalue weighted by Crippen LogP contribution is -2.54. The highest BCUT2D eigenvalue weighted by Gasteiger charge is 2.42. The number of nitrogens with one attached hydrogen (secondary N) is 2. The van der Waals surface area contributed by atoms with Crippen molar-refractivity contribution in [3.8, 4) is 0 Å². The number of carbonyl (C=O) groups is 3. The summed E-state index contributed by atoms with van der Waals surface area (Å²) in [6.45, 7) is 3.08. The first-order chi connectivity index (χ1) is 9.47. The predicted molar refractivity (Wildman–Crippen MR) is 71.1 cm³/mol. The summed E-state index contributed by atoms with van der Waals surface area (Å²) in [5.74, 6) is -0.905. The summed E-state index contributed by atoms with van der Waals surface area (Å²) in [7, 11) is 0. The zero-order valence-corrected chi connectivity index (χ0v) is 11.6. The Morgan fingerprint density at radius 3 is 2.85 bits per heavy atom. The Labute approximate surface area is 117 Å². The van der Waals surface area contributed by atoms with Gasteiger partial charge in [0, 0.05) is 26.1 Å². The third-order valence-corrected chi connectivity index (χ3v) is 4.30. The molecule has 0 saturated carbocycles. The molecule has 20 heavy (non-hydrogen) atoms. The van der Waals surface area contributed by atoms with Crippen LogP contribution in [-0.2, 0) is 9.59 Å². The van der Waals surface area contributed by atoms with Gasteiger partial charge in [-0.25, -0.2) is 4.79 Å². The van der Waals surface area contributed by atoms with Gasteiger partial charge >= 0.3 is 12.0 Å². The molecule has 7 nitrogen and oxygen atoms in total. The fourth-order valence-electron chi connectivity index (χ4n) is 2.89. The van der Waals surface area contributed by atoms with E-state index in [1.807, 2.05) is 6.92 Å². The van der Waals surface area contributed by atoms with Crippen LogP contribution in [0.4, 0.5) is 4.79 Å². The van der Waals surface area contributed by atoms with Crippen LogP contribution in [0.15, 0.2) is 0 Å². The maximum atomic E-state index is 12.2. The van der Waals surface area contributed by atoms with Gasteiger partial charge in [0.2, 0.25) is 5.91 Å². The van der Waals surface area contributed by atoms with Gasteiger partial charge in [-0.3, -0.25) is 9.59 Å². The molecule has 2 rings (SSSR count). The van der Waals surface area contributed by atoms with E-state index in [4.69, 9.17) is 0 Å². The Balaban J connectivity index is 1.96. The van der Waals surface area contributed by atoms with Crippen LogP contribution in [0, 0.1) is 5.41 Å². The molecule has 0 aliphatic carbocycles. The van der Waals surface area contributed by atoms with Gasteiger partial charge in [0.15, 0.2) is 0 Å². The Morgan fingerprint density at radius 1 is 1.55 bits per heavy atom. The monoisotopic (exact) mass is 283 g/mol. The molecule has 2 heterocycles. The van der Waals surface area contributed by atoms with Crippen LogP contribution < -0.4 is 10.6 Å². The molecule has 0 spiro atoms. The topological polar surface area (TPSA) is 98.7 Å². The zero-order valence-electron chi connectivity index (χ0n) is 11.6. The minimum absolute atomic E-state index is 0.0672. The van der Waals surface area contributed by atoms with E-state index in [0.717, 1.165) is 0 Å². The number of carboxylic acid groups (broad SMARTS) is 1. The van der Waals surface area contributed by atoms with Crippen molar-refractivity contribution in [3.05, 3.63) is 0 Å². The first-order valence-corrected chi connectivity index (χ1v) is 7.02. The molecule has 0 radical (unpaired) electrons. The van der Waals surface area contributed by atoms with Gasteiger partial charge in [0.1, 0.15) is 0 Å². The molecule has 0 aromatic rings. The molecule has 7 heteroatoms. The lowest BCUT2D eigenvalue weighted by Gasteiger charge is -2.39. The average molecular weight is 283 g/mol. The normalized spacial score (nSPS) is 29.9. The number of urea groups is 1. The quantitative estimate of drug-likeness (QED) is 0.687. The summed E-state index contributed by atoms with van der Waals surface area (Å²) in [4.78, 5) is 36.3. The highest BCUT2D eigenvalue weighted by atomic mass is 16.4. The number of hydrogen-bond donors (Lipinski definition) is 3. The van der Waals surface area contributed by atoms with Crippen LogP contribution in [0.3, 0.4) is 0 Å². The van der Waals surface area contributed by atoms with Gasteiger partial charge in [0.05, 0.1) is 11.5 Å². The molecule has 0 aromatic heterocycles. The van der Waals surface area contributed by atoms with Crippen LogP contribution >= 0.6 is 0 Å². The Hall–Kier alpha value is -1.79. The summed E-state index contributed by atoms with van der Waals surface area (Å²) in [5.41, 5.74) is -0.834. The molecule has 2 unspecified atom stereocenters. The summed E-state index contributed by atoms with van der Waals surface area (Å²) in [6, 6.07) is -0.469. The molecular formula is C13H21N3O4. The van der Waals surface area contributed by atoms with Gasteiger partial charge < -0.3 is 20.6 Å². The number of amides is 3. The fraction of sp³-hybridized carbons (Fsp3) is 0.769. The van der Waals surface area contributed by atoms with Crippen molar-refractivity contribution in [2.24, 2.45) is 5.41 Å². The van der Waals surface area contributed by atoms with Crippen LogP contribution in [0.5, 0.6) is 0 Å². The first-order valence-electron chi connectivity index (χ1n) is 7.02. The maximum Gasteiger partial charge on any atom is 0.317 e. The Morgan fingerprint density at radius 2 is 2.30 bits per heavy atom. The molecule has 0 bridgehead atoms. The number of aliphatic carboxylic acids is 1. The van der Waals surface area contributed by atoms with Crippen molar-refractivity contribution in [1.82, 2.24) is 15.5 Å². The summed E-state index contributed by atoms with van der Waals surface area (Å²) in [6.07, 6.45) is 2.09. The van der Waals surface area contributed by atoms with Crippen molar-refractivity contribution in [2.75, 3.05) is 19.6 Å². The maximum absolute atomic E-state index is 12.2. The van der Waals surface area contributed by atoms with Crippen molar-refractivity contribution in [3.63, 3.8) is 0 Å². The number of carbonyl (C=O) groups excluding carboxylic acids is 2. The molecule has 112 valence electrons. The van der Waals surface area contributed by atoms with Crippen LogP contribution in [0.2, 0.25) is 0 Å². The Kier molecular flexibility index (Phi) is 4.15. The van der Waals surface area contributed by atoms with E-state index in [-0.39, 0.29) is 30.9 Å². The number of likely N-dealkylation sites (tertiary alicyclic amines) is 1. The smallest absolute Gasteiger partial charge is 0.317 e. The van der Waals surface area contributed by atoms with E-state index in [1.165, 1.54) is 0 Å². The SMILES string of the molecule is CCC1(C(=O)O)CCCN(C(=O)NC2CNC(=O)C2)C1. The van der Waals surface area contributed by atoms with Gasteiger partial charge in [-0.05, 0) is 19.3 Å². The predicted octanol–water partition coefficient (Wildman–Crippen LogP) is 0.161. The fourth-order valence-corrected chi connectivity index (χ4v) is 2.89. The lowest BCUT2D eigenvalue weighted by molar-refractivity contribution is -0.152. The molecular weight excluding hydrogens is 262 g/mol. The number of rotatable bonds is 3. The largest absolute Gasteiger partial charge is 0.481 e. The van der Waals surface area contributed by atoms with Crippen LogP contribution in [0.1, 0.15) is 32.6 Å². The molecule has 2 aliphatic rings. The van der Waals surface area contributed by atoms with Crippen molar-refractivity contribution in [2.45, 2.75) is 38.6 Å². The standard InChI is InChI=1S/C13H21N3O4/c1-2-13(11(18)19)4-3-5-16(8-13)12(20)15-9-6-10(17)14-7-9/h9H,2-8H2,1H3,(H,14,17)(H,15,20)(H,18,19). The second-order valence-electron chi connectivity index (χ2n) is 5.62. The molecule has 2 saturated heterocycles. The van der Waals surface area contributed by atoms with Gasteiger partial charge in [0.25, 0.3) is 0 Å². The van der Waals surface area contributed by atoms with Gasteiger partial charge in [-0.15, -0.1) is 0 Å². The van der Waals surface area contributed by atoms with E-state index >= 15 is 0 Å². The van der Waals surface area contributed by atoms with Crippen molar-refractivity contribution >= 4 is 17.9 Å². The van der Waals surface area contributed by atoms with Crippen molar-refractivity contribution in [1.29, 1.82) is 0 Å². The number of hydrogen-bond acceptors (Lipinski definition) is 3. The van der Waals surface area contributed by atoms with Crippen LogP contribution in [-0.4, -0.2) is 53.6 Å². The van der Waals surface area contributed by atoms with Gasteiger partial charge in [-0.1, -0.05) is 6.92 Å². The number of nitrogens with zero attached hydrogens (tertiary/aromatic N) is 1. The van der Waals surface area contributed by atoms with E-state index in [1.54, 1.807) is 4.90 Å². The van der Waals surface area contributed by atoms with Crippen LogP contribution in [0.25, 0.3) is 0 Å². The number of carboxylic acids is 1. The second kappa shape index (κ2) is 5.68. The van der Waals surface area contributed by atoms with E-state index in [2.05, 4.69) is 10.6 Å².